The second-order valence-corrected chi connectivity index (χ2v) is 9.07. The van der Waals surface area contributed by atoms with Gasteiger partial charge in [-0.15, -0.1) is 0 Å². The van der Waals surface area contributed by atoms with Crippen LogP contribution in [0.3, 0.4) is 0 Å². The number of hydrogen-bond donors (Lipinski definition) is 1. The summed E-state index contributed by atoms with van der Waals surface area (Å²) in [5.41, 5.74) is 4.36. The summed E-state index contributed by atoms with van der Waals surface area (Å²) < 4.78 is 20.5. The summed E-state index contributed by atoms with van der Waals surface area (Å²) in [7, 11) is 1.80. The van der Waals surface area contributed by atoms with Crippen LogP contribution in [0.1, 0.15) is 42.4 Å². The zero-order valence-corrected chi connectivity index (χ0v) is 20.4. The molecule has 1 amide bonds. The number of H-pyrrole nitrogens is 1. The van der Waals surface area contributed by atoms with Crippen LogP contribution in [-0.4, -0.2) is 49.4 Å². The van der Waals surface area contributed by atoms with Crippen molar-refractivity contribution in [2.75, 3.05) is 13.6 Å². The number of aromatic nitrogens is 5. The highest BCUT2D eigenvalue weighted by Crippen LogP contribution is 2.27. The Morgan fingerprint density at radius 3 is 2.69 bits per heavy atom. The van der Waals surface area contributed by atoms with Crippen molar-refractivity contribution in [3.05, 3.63) is 78.1 Å². The van der Waals surface area contributed by atoms with Gasteiger partial charge in [-0.1, -0.05) is 0 Å². The van der Waals surface area contributed by atoms with Crippen LogP contribution in [0.15, 0.2) is 65.4 Å². The quantitative estimate of drug-likeness (QED) is 0.312. The maximum Gasteiger partial charge on any atom is 0.254 e. The smallest absolute Gasteiger partial charge is 0.254 e. The number of amides is 1. The molecular weight excluding hydrogens is 459 g/mol. The molecule has 1 N–H and O–H groups in total. The van der Waals surface area contributed by atoms with Gasteiger partial charge in [0.25, 0.3) is 5.91 Å². The highest BCUT2D eigenvalue weighted by molar-refractivity contribution is 6.06. The summed E-state index contributed by atoms with van der Waals surface area (Å²) in [5.74, 6) is 0.220. The second kappa shape index (κ2) is 9.77. The standard InChI is InChI=1S/C27H27FN6O2/c1-17(2)34-26-22(16-29-34)21(15-24(30-26)25-7-5-13-36-25)27(35)33(3)12-4-6-20-14-23(32-31-20)18-8-10-19(28)11-9-18/h5,7-11,13-17H,4,6,12H2,1-3H3,(H,31,32). The number of furan rings is 1. The first-order valence-electron chi connectivity index (χ1n) is 11.9. The number of nitrogens with zero attached hydrogens (tertiary/aromatic N) is 5. The molecule has 36 heavy (non-hydrogen) atoms. The van der Waals surface area contributed by atoms with Crippen molar-refractivity contribution in [1.82, 2.24) is 29.9 Å². The highest BCUT2D eigenvalue weighted by atomic mass is 19.1. The van der Waals surface area contributed by atoms with Crippen LogP contribution < -0.4 is 0 Å². The Labute approximate surface area is 207 Å². The molecule has 0 saturated heterocycles. The van der Waals surface area contributed by atoms with Gasteiger partial charge in [0.1, 0.15) is 11.5 Å². The van der Waals surface area contributed by atoms with Gasteiger partial charge in [-0.2, -0.15) is 10.2 Å². The number of pyridine rings is 1. The second-order valence-electron chi connectivity index (χ2n) is 9.07. The fourth-order valence-electron chi connectivity index (χ4n) is 4.20. The minimum atomic E-state index is -0.276. The Morgan fingerprint density at radius 2 is 1.97 bits per heavy atom. The van der Waals surface area contributed by atoms with Gasteiger partial charge < -0.3 is 9.32 Å². The molecule has 0 aliphatic carbocycles. The summed E-state index contributed by atoms with van der Waals surface area (Å²) in [6, 6.07) is 13.7. The van der Waals surface area contributed by atoms with Crippen LogP contribution in [0.25, 0.3) is 33.7 Å². The van der Waals surface area contributed by atoms with Crippen LogP contribution in [0.4, 0.5) is 4.39 Å². The molecule has 4 heterocycles. The van der Waals surface area contributed by atoms with Crippen LogP contribution in [0.2, 0.25) is 0 Å². The lowest BCUT2D eigenvalue weighted by molar-refractivity contribution is 0.0795. The molecule has 5 aromatic rings. The summed E-state index contributed by atoms with van der Waals surface area (Å²) in [5, 5.41) is 12.6. The Kier molecular flexibility index (Phi) is 6.37. The average Bonchev–Trinajstić information content (AvgIpc) is 3.64. The Morgan fingerprint density at radius 1 is 1.17 bits per heavy atom. The van der Waals surface area contributed by atoms with E-state index in [9.17, 15) is 9.18 Å². The van der Waals surface area contributed by atoms with Crippen molar-refractivity contribution < 1.29 is 13.6 Å². The van der Waals surface area contributed by atoms with E-state index in [2.05, 4.69) is 15.3 Å². The van der Waals surface area contributed by atoms with E-state index in [1.54, 1.807) is 48.7 Å². The van der Waals surface area contributed by atoms with Crippen LogP contribution in [0, 0.1) is 5.82 Å². The van der Waals surface area contributed by atoms with Gasteiger partial charge in [-0.25, -0.2) is 14.1 Å². The van der Waals surface area contributed by atoms with Crippen molar-refractivity contribution in [3.63, 3.8) is 0 Å². The van der Waals surface area contributed by atoms with Crippen molar-refractivity contribution >= 4 is 16.9 Å². The minimum Gasteiger partial charge on any atom is -0.463 e. The van der Waals surface area contributed by atoms with Gasteiger partial charge in [0.2, 0.25) is 0 Å². The van der Waals surface area contributed by atoms with E-state index in [0.29, 0.717) is 34.6 Å². The molecule has 8 nitrogen and oxygen atoms in total. The zero-order valence-electron chi connectivity index (χ0n) is 20.4. The number of benzene rings is 1. The van der Waals surface area contributed by atoms with Crippen LogP contribution >= 0.6 is 0 Å². The highest BCUT2D eigenvalue weighted by Gasteiger charge is 2.21. The van der Waals surface area contributed by atoms with Gasteiger partial charge in [0, 0.05) is 30.9 Å². The van der Waals surface area contributed by atoms with Gasteiger partial charge in [-0.05, 0) is 75.2 Å². The number of carbonyl (C=O) groups is 1. The molecular formula is C27H27FN6O2. The number of aromatic amines is 1. The largest absolute Gasteiger partial charge is 0.463 e. The molecule has 0 unspecified atom stereocenters. The fraction of sp³-hybridized carbons (Fsp3) is 0.259. The van der Waals surface area contributed by atoms with Gasteiger partial charge >= 0.3 is 0 Å². The van der Waals surface area contributed by atoms with E-state index >= 15 is 0 Å². The minimum absolute atomic E-state index is 0.0942. The summed E-state index contributed by atoms with van der Waals surface area (Å²) in [6.07, 6.45) is 4.76. The molecule has 0 fully saturated rings. The predicted octanol–water partition coefficient (Wildman–Crippen LogP) is 5.51. The predicted molar refractivity (Wildman–Crippen MR) is 135 cm³/mol. The van der Waals surface area contributed by atoms with E-state index in [0.717, 1.165) is 29.8 Å². The van der Waals surface area contributed by atoms with Crippen molar-refractivity contribution in [3.8, 4) is 22.7 Å². The average molecular weight is 487 g/mol. The third-order valence-electron chi connectivity index (χ3n) is 6.12. The normalized spacial score (nSPS) is 11.5. The Hall–Kier alpha value is -4.27. The molecule has 4 aromatic heterocycles. The molecule has 0 radical (unpaired) electrons. The van der Waals surface area contributed by atoms with Crippen LogP contribution in [0.5, 0.6) is 0 Å². The number of halogens is 1. The first-order valence-corrected chi connectivity index (χ1v) is 11.9. The molecule has 0 bridgehead atoms. The molecule has 5 rings (SSSR count). The first kappa shape index (κ1) is 23.5. The maximum atomic E-state index is 13.5. The maximum absolute atomic E-state index is 13.5. The van der Waals surface area contributed by atoms with E-state index in [1.165, 1.54) is 12.1 Å². The number of carbonyl (C=O) groups excluding carboxylic acids is 1. The number of nitrogens with one attached hydrogen (secondary N) is 1. The topological polar surface area (TPSA) is 92.8 Å². The number of rotatable bonds is 8. The summed E-state index contributed by atoms with van der Waals surface area (Å²) in [6.45, 7) is 4.61. The fourth-order valence-corrected chi connectivity index (χ4v) is 4.20. The Bertz CT molecular complexity index is 1480. The number of aryl methyl sites for hydroxylation is 1. The van der Waals surface area contributed by atoms with Crippen molar-refractivity contribution in [2.24, 2.45) is 0 Å². The summed E-state index contributed by atoms with van der Waals surface area (Å²) >= 11 is 0. The SMILES string of the molecule is CC(C)n1ncc2c(C(=O)N(C)CCCc3cc(-c4ccc(F)cc4)n[nH]3)cc(-c3ccco3)nc21. The molecule has 9 heteroatoms. The van der Waals surface area contributed by atoms with Crippen molar-refractivity contribution in [2.45, 2.75) is 32.7 Å². The van der Waals surface area contributed by atoms with E-state index in [1.807, 2.05) is 30.7 Å². The first-order chi connectivity index (χ1) is 17.4. The van der Waals surface area contributed by atoms with Gasteiger partial charge in [0.05, 0.1) is 29.1 Å². The third kappa shape index (κ3) is 4.64. The van der Waals surface area contributed by atoms with Gasteiger partial charge in [0.15, 0.2) is 11.4 Å². The third-order valence-corrected chi connectivity index (χ3v) is 6.12. The monoisotopic (exact) mass is 486 g/mol. The zero-order chi connectivity index (χ0) is 25.2. The molecule has 0 saturated carbocycles. The molecule has 0 aliphatic rings. The van der Waals surface area contributed by atoms with E-state index in [4.69, 9.17) is 9.40 Å². The lowest BCUT2D eigenvalue weighted by atomic mass is 10.1. The lowest BCUT2D eigenvalue weighted by Gasteiger charge is -2.18. The van der Waals surface area contributed by atoms with E-state index in [-0.39, 0.29) is 17.8 Å². The van der Waals surface area contributed by atoms with E-state index < -0.39 is 0 Å². The van der Waals surface area contributed by atoms with Crippen molar-refractivity contribution in [1.29, 1.82) is 0 Å². The number of hydrogen-bond acceptors (Lipinski definition) is 5. The molecule has 0 atom stereocenters. The molecule has 0 spiro atoms. The molecule has 184 valence electrons. The Balaban J connectivity index is 1.31. The molecule has 1 aromatic carbocycles. The summed E-state index contributed by atoms with van der Waals surface area (Å²) in [4.78, 5) is 20.0. The number of fused-ring (bicyclic) bond motifs is 1. The van der Waals surface area contributed by atoms with Gasteiger partial charge in [-0.3, -0.25) is 9.89 Å². The lowest BCUT2D eigenvalue weighted by Crippen LogP contribution is -2.28. The van der Waals surface area contributed by atoms with Crippen LogP contribution in [-0.2, 0) is 6.42 Å². The molecule has 0 aliphatic heterocycles.